The van der Waals surface area contributed by atoms with Crippen LogP contribution < -0.4 is 10.6 Å². The molecular weight excluding hydrogens is 398 g/mol. The molecule has 3 fully saturated rings. The lowest BCUT2D eigenvalue weighted by atomic mass is 9.70. The largest absolute Gasteiger partial charge is 0.396 e. The molecule has 1 aromatic carbocycles. The van der Waals surface area contributed by atoms with E-state index in [1.807, 2.05) is 37.3 Å². The minimum atomic E-state index is -0.980. The predicted molar refractivity (Wildman–Crippen MR) is 113 cm³/mol. The van der Waals surface area contributed by atoms with Crippen LogP contribution in [0.4, 0.5) is 0 Å². The normalized spacial score (nSPS) is 31.0. The molecule has 31 heavy (non-hydrogen) atoms. The summed E-state index contributed by atoms with van der Waals surface area (Å²) in [6, 6.07) is 8.78. The van der Waals surface area contributed by atoms with E-state index in [0.717, 1.165) is 12.0 Å². The molecule has 3 heterocycles. The van der Waals surface area contributed by atoms with Gasteiger partial charge in [0, 0.05) is 26.2 Å². The Morgan fingerprint density at radius 1 is 1.23 bits per heavy atom. The van der Waals surface area contributed by atoms with Gasteiger partial charge in [-0.15, -0.1) is 0 Å². The van der Waals surface area contributed by atoms with Gasteiger partial charge in [-0.3, -0.25) is 14.4 Å². The fraction of sp³-hybridized carbons (Fsp3) is 0.609. The van der Waals surface area contributed by atoms with E-state index in [-0.39, 0.29) is 37.0 Å². The SMILES string of the molecule is CCCNC(=O)[C@@H]1[C@@H]2CCC3(O2)C(C(=O)NCc2ccccc2)N(CCCO)C(=O)[C@H]13. The number of amides is 3. The summed E-state index contributed by atoms with van der Waals surface area (Å²) in [6.07, 6.45) is 2.07. The average molecular weight is 430 g/mol. The second-order valence-corrected chi connectivity index (χ2v) is 8.66. The molecule has 2 bridgehead atoms. The van der Waals surface area contributed by atoms with Crippen molar-refractivity contribution in [1.82, 2.24) is 15.5 Å². The molecule has 2 unspecified atom stereocenters. The van der Waals surface area contributed by atoms with Gasteiger partial charge in [-0.1, -0.05) is 37.3 Å². The van der Waals surface area contributed by atoms with Crippen LogP contribution in [0.5, 0.6) is 0 Å². The Bertz CT molecular complexity index is 832. The molecule has 1 aromatic rings. The zero-order chi connectivity index (χ0) is 22.0. The summed E-state index contributed by atoms with van der Waals surface area (Å²) in [5, 5.41) is 15.2. The van der Waals surface area contributed by atoms with E-state index in [4.69, 9.17) is 4.74 Å². The third kappa shape index (κ3) is 3.72. The van der Waals surface area contributed by atoms with E-state index in [1.165, 1.54) is 4.90 Å². The molecule has 5 atom stereocenters. The van der Waals surface area contributed by atoms with Gasteiger partial charge in [0.15, 0.2) is 0 Å². The van der Waals surface area contributed by atoms with E-state index in [1.54, 1.807) is 0 Å². The molecule has 3 amide bonds. The molecular formula is C23H31N3O5. The molecule has 3 aliphatic rings. The third-order valence-electron chi connectivity index (χ3n) is 6.77. The van der Waals surface area contributed by atoms with E-state index < -0.39 is 23.5 Å². The minimum Gasteiger partial charge on any atom is -0.396 e. The van der Waals surface area contributed by atoms with Crippen LogP contribution in [0.15, 0.2) is 30.3 Å². The van der Waals surface area contributed by atoms with Crippen molar-refractivity contribution >= 4 is 17.7 Å². The third-order valence-corrected chi connectivity index (χ3v) is 6.77. The number of ether oxygens (including phenoxy) is 1. The number of carbonyl (C=O) groups excluding carboxylic acids is 3. The van der Waals surface area contributed by atoms with E-state index >= 15 is 0 Å². The van der Waals surface area contributed by atoms with Crippen LogP contribution >= 0.6 is 0 Å². The van der Waals surface area contributed by atoms with Crippen LogP contribution in [-0.4, -0.2) is 65.2 Å². The van der Waals surface area contributed by atoms with Crippen molar-refractivity contribution in [1.29, 1.82) is 0 Å². The molecule has 3 aliphatic heterocycles. The number of nitrogens with one attached hydrogen (secondary N) is 2. The number of hydrogen-bond acceptors (Lipinski definition) is 5. The summed E-state index contributed by atoms with van der Waals surface area (Å²) in [5.41, 5.74) is -0.0174. The van der Waals surface area contributed by atoms with Crippen LogP contribution in [0.25, 0.3) is 0 Å². The van der Waals surface area contributed by atoms with Crippen LogP contribution in [-0.2, 0) is 25.7 Å². The van der Waals surface area contributed by atoms with Crippen LogP contribution in [0.2, 0.25) is 0 Å². The van der Waals surface area contributed by atoms with Gasteiger partial charge in [-0.2, -0.15) is 0 Å². The van der Waals surface area contributed by atoms with Gasteiger partial charge < -0.3 is 25.4 Å². The van der Waals surface area contributed by atoms with Crippen molar-refractivity contribution in [3.63, 3.8) is 0 Å². The van der Waals surface area contributed by atoms with Crippen molar-refractivity contribution in [3.05, 3.63) is 35.9 Å². The van der Waals surface area contributed by atoms with Crippen molar-refractivity contribution in [2.45, 2.75) is 56.9 Å². The molecule has 0 aromatic heterocycles. The second-order valence-electron chi connectivity index (χ2n) is 8.66. The van der Waals surface area contributed by atoms with Crippen molar-refractivity contribution in [2.75, 3.05) is 19.7 Å². The first kappa shape index (κ1) is 21.8. The molecule has 0 aliphatic carbocycles. The number of hydrogen-bond donors (Lipinski definition) is 3. The number of rotatable bonds is 9. The fourth-order valence-corrected chi connectivity index (χ4v) is 5.48. The summed E-state index contributed by atoms with van der Waals surface area (Å²) in [4.78, 5) is 41.2. The lowest BCUT2D eigenvalue weighted by Crippen LogP contribution is -2.55. The van der Waals surface area contributed by atoms with E-state index in [2.05, 4.69) is 10.6 Å². The Balaban J connectivity index is 1.59. The van der Waals surface area contributed by atoms with Gasteiger partial charge in [0.1, 0.15) is 11.6 Å². The first-order chi connectivity index (χ1) is 15.0. The number of benzene rings is 1. The quantitative estimate of drug-likeness (QED) is 0.532. The zero-order valence-corrected chi connectivity index (χ0v) is 17.9. The summed E-state index contributed by atoms with van der Waals surface area (Å²) in [7, 11) is 0. The summed E-state index contributed by atoms with van der Waals surface area (Å²) in [5.74, 6) is -1.88. The lowest BCUT2D eigenvalue weighted by Gasteiger charge is -2.33. The first-order valence-corrected chi connectivity index (χ1v) is 11.2. The smallest absolute Gasteiger partial charge is 0.246 e. The predicted octanol–water partition coefficient (Wildman–Crippen LogP) is 0.586. The van der Waals surface area contributed by atoms with E-state index in [0.29, 0.717) is 32.4 Å². The van der Waals surface area contributed by atoms with Gasteiger partial charge in [0.05, 0.1) is 17.9 Å². The molecule has 1 spiro atoms. The van der Waals surface area contributed by atoms with Gasteiger partial charge >= 0.3 is 0 Å². The van der Waals surface area contributed by atoms with Crippen molar-refractivity contribution in [2.24, 2.45) is 11.8 Å². The average Bonchev–Trinajstić information content (AvgIpc) is 3.42. The maximum atomic E-state index is 13.5. The Morgan fingerprint density at radius 2 is 2.00 bits per heavy atom. The molecule has 8 nitrogen and oxygen atoms in total. The first-order valence-electron chi connectivity index (χ1n) is 11.2. The zero-order valence-electron chi connectivity index (χ0n) is 17.9. The second kappa shape index (κ2) is 8.96. The molecule has 168 valence electrons. The highest BCUT2D eigenvalue weighted by atomic mass is 16.5. The lowest BCUT2D eigenvalue weighted by molar-refractivity contribution is -0.142. The van der Waals surface area contributed by atoms with Crippen LogP contribution in [0, 0.1) is 11.8 Å². The van der Waals surface area contributed by atoms with Crippen LogP contribution in [0.1, 0.15) is 38.2 Å². The Labute approximate surface area is 182 Å². The summed E-state index contributed by atoms with van der Waals surface area (Å²) < 4.78 is 6.32. The van der Waals surface area contributed by atoms with Gasteiger partial charge in [0.2, 0.25) is 17.7 Å². The number of carbonyl (C=O) groups is 3. The fourth-order valence-electron chi connectivity index (χ4n) is 5.48. The molecule has 0 saturated carbocycles. The summed E-state index contributed by atoms with van der Waals surface area (Å²) in [6.45, 7) is 3.05. The molecule has 8 heteroatoms. The van der Waals surface area contributed by atoms with Crippen molar-refractivity contribution < 1.29 is 24.2 Å². The molecule has 4 rings (SSSR count). The Hall–Kier alpha value is -2.45. The highest BCUT2D eigenvalue weighted by Crippen LogP contribution is 2.58. The molecule has 0 radical (unpaired) electrons. The number of aliphatic hydroxyl groups is 1. The number of nitrogens with zero attached hydrogens (tertiary/aromatic N) is 1. The van der Waals surface area contributed by atoms with Crippen LogP contribution in [0.3, 0.4) is 0 Å². The topological polar surface area (TPSA) is 108 Å². The monoisotopic (exact) mass is 429 g/mol. The van der Waals surface area contributed by atoms with Gasteiger partial charge in [-0.05, 0) is 31.2 Å². The maximum absolute atomic E-state index is 13.5. The highest BCUT2D eigenvalue weighted by molar-refractivity contribution is 5.98. The minimum absolute atomic E-state index is 0.0797. The number of fused-ring (bicyclic) bond motifs is 1. The standard InChI is InChI=1S/C23H31N3O5/c1-2-11-24-20(28)17-16-9-10-23(31-16)18(17)22(30)26(12-6-13-27)19(23)21(29)25-14-15-7-4-3-5-8-15/h3-5,7-8,16-19,27H,2,6,9-14H2,1H3,(H,24,28)(H,25,29)/t16-,17+,18-,19?,23?/m0/s1. The maximum Gasteiger partial charge on any atom is 0.246 e. The van der Waals surface area contributed by atoms with Gasteiger partial charge in [-0.25, -0.2) is 0 Å². The highest BCUT2D eigenvalue weighted by Gasteiger charge is 2.74. The Morgan fingerprint density at radius 3 is 2.71 bits per heavy atom. The molecule has 3 N–H and O–H groups in total. The molecule has 3 saturated heterocycles. The summed E-state index contributed by atoms with van der Waals surface area (Å²) >= 11 is 0. The number of aliphatic hydroxyl groups excluding tert-OH is 1. The van der Waals surface area contributed by atoms with Gasteiger partial charge in [0.25, 0.3) is 0 Å². The van der Waals surface area contributed by atoms with E-state index in [9.17, 15) is 19.5 Å². The van der Waals surface area contributed by atoms with Crippen molar-refractivity contribution in [3.8, 4) is 0 Å². The number of likely N-dealkylation sites (tertiary alicyclic amines) is 1. The Kier molecular flexibility index (Phi) is 6.29.